The van der Waals surface area contributed by atoms with E-state index >= 15 is 0 Å². The molecule has 5 aromatic rings. The molecule has 0 amide bonds. The van der Waals surface area contributed by atoms with Crippen LogP contribution in [-0.4, -0.2) is 98.8 Å². The van der Waals surface area contributed by atoms with Gasteiger partial charge < -0.3 is 47.7 Å². The lowest BCUT2D eigenvalue weighted by atomic mass is 10.1. The Bertz CT molecular complexity index is 2220. The highest BCUT2D eigenvalue weighted by Gasteiger charge is 2.44. The molecule has 3 unspecified atom stereocenters. The van der Waals surface area contributed by atoms with Crippen LogP contribution in [0.4, 0.5) is 0 Å². The Kier molecular flexibility index (Phi) is 18.8. The monoisotopic (exact) mass is 888 g/mol. The van der Waals surface area contributed by atoms with Crippen molar-refractivity contribution in [2.75, 3.05) is 33.0 Å². The normalized spacial score (nSPS) is 19.2. The predicted octanol–water partition coefficient (Wildman–Crippen LogP) is 7.69. The molecule has 0 radical (unpaired) electrons. The molecule has 6 rings (SSSR count). The average molecular weight is 889 g/mol. The van der Waals surface area contributed by atoms with E-state index in [-0.39, 0.29) is 35.5 Å². The maximum atomic E-state index is 14.1. The van der Waals surface area contributed by atoms with Crippen LogP contribution in [0.15, 0.2) is 164 Å². The summed E-state index contributed by atoms with van der Waals surface area (Å²) in [4.78, 5) is 54.9. The van der Waals surface area contributed by atoms with E-state index in [1.54, 1.807) is 121 Å². The molecular weight excluding hydrogens is 837 g/mol. The number of carbonyl (C=O) groups is 4. The topological polar surface area (TPSA) is 172 Å². The van der Waals surface area contributed by atoms with Gasteiger partial charge in [0.25, 0.3) is 0 Å². The second-order valence-electron chi connectivity index (χ2n) is 14.7. The predicted molar refractivity (Wildman–Crippen MR) is 235 cm³/mol. The summed E-state index contributed by atoms with van der Waals surface area (Å²) in [5.74, 6) is -3.18. The molecule has 0 saturated carbocycles. The van der Waals surface area contributed by atoms with Crippen molar-refractivity contribution in [2.24, 2.45) is 0 Å². The van der Waals surface area contributed by atoms with Crippen LogP contribution < -0.4 is 0 Å². The number of aliphatic hydroxyl groups is 1. The minimum atomic E-state index is -1.75. The molecule has 0 spiro atoms. The van der Waals surface area contributed by atoms with Gasteiger partial charge in [0.1, 0.15) is 18.8 Å². The van der Waals surface area contributed by atoms with Crippen LogP contribution in [0.5, 0.6) is 0 Å². The van der Waals surface area contributed by atoms with Crippen LogP contribution >= 0.6 is 0 Å². The number of hydrogen-bond donors (Lipinski definition) is 1. The van der Waals surface area contributed by atoms with E-state index in [1.165, 1.54) is 24.5 Å². The summed E-state index contributed by atoms with van der Waals surface area (Å²) in [5.41, 5.74) is 1.38. The number of benzene rings is 5. The van der Waals surface area contributed by atoms with Gasteiger partial charge in [0.2, 0.25) is 0 Å². The Labute approximate surface area is 377 Å². The average Bonchev–Trinajstić information content (AvgIpc) is 3.35. The molecule has 1 fully saturated rings. The van der Waals surface area contributed by atoms with E-state index in [1.807, 2.05) is 25.1 Å². The smallest absolute Gasteiger partial charge is 0.338 e. The summed E-state index contributed by atoms with van der Waals surface area (Å²) < 4.78 is 55.1. The highest BCUT2D eigenvalue weighted by atomic mass is 16.7. The number of carbonyl (C=O) groups excluding carboxylic acids is 4. The van der Waals surface area contributed by atoms with Gasteiger partial charge in [-0.2, -0.15) is 0 Å². The van der Waals surface area contributed by atoms with Crippen molar-refractivity contribution in [1.29, 1.82) is 0 Å². The standard InChI is InChI=1S/C51H52O14/c1-2-3-30-57-31-29-42(62-47(54)37-21-11-5-12-22-37)44(41(52)34-60-46(53)36-19-9-4-10-20-36)65-51-45(64-49(56)39-25-15-7-16-26-39)43(63-48(55)38-23-13-6-14-24-38)35-61-50(58-32-33-59-51)40-27-17-8-18-28-40/h4-29,31,41-45,50-52H,2-3,30,32-35H2,1H3/b31-29+/t41?,42-,43?,44-,45+,50?,51+/m1/s1. The maximum Gasteiger partial charge on any atom is 0.338 e. The second-order valence-corrected chi connectivity index (χ2v) is 14.7. The molecule has 65 heavy (non-hydrogen) atoms. The van der Waals surface area contributed by atoms with Gasteiger partial charge in [0, 0.05) is 5.56 Å². The van der Waals surface area contributed by atoms with Crippen molar-refractivity contribution in [3.63, 3.8) is 0 Å². The van der Waals surface area contributed by atoms with Gasteiger partial charge in [-0.25, -0.2) is 19.2 Å². The first-order chi connectivity index (χ1) is 31.8. The van der Waals surface area contributed by atoms with Crippen molar-refractivity contribution in [3.8, 4) is 0 Å². The molecule has 340 valence electrons. The first-order valence-electron chi connectivity index (χ1n) is 21.3. The fourth-order valence-corrected chi connectivity index (χ4v) is 6.48. The zero-order valence-corrected chi connectivity index (χ0v) is 35.8. The summed E-state index contributed by atoms with van der Waals surface area (Å²) in [6.45, 7) is 0.946. The van der Waals surface area contributed by atoms with E-state index in [0.29, 0.717) is 12.2 Å². The molecule has 1 heterocycles. The lowest BCUT2D eigenvalue weighted by Gasteiger charge is -2.38. The molecule has 14 heteroatoms. The largest absolute Gasteiger partial charge is 0.501 e. The lowest BCUT2D eigenvalue weighted by molar-refractivity contribution is -0.279. The van der Waals surface area contributed by atoms with E-state index in [0.717, 1.165) is 12.8 Å². The molecule has 1 aliphatic heterocycles. The molecule has 1 saturated heterocycles. The first-order valence-corrected chi connectivity index (χ1v) is 21.3. The van der Waals surface area contributed by atoms with Gasteiger partial charge in [-0.15, -0.1) is 0 Å². The van der Waals surface area contributed by atoms with Crippen LogP contribution in [-0.2, 0) is 42.6 Å². The van der Waals surface area contributed by atoms with Gasteiger partial charge in [0.15, 0.2) is 30.9 Å². The van der Waals surface area contributed by atoms with Crippen molar-refractivity contribution in [1.82, 2.24) is 0 Å². The summed E-state index contributed by atoms with van der Waals surface area (Å²) >= 11 is 0. The van der Waals surface area contributed by atoms with Gasteiger partial charge >= 0.3 is 23.9 Å². The summed E-state index contributed by atoms with van der Waals surface area (Å²) in [6.07, 6.45) is -6.40. The third-order valence-electron chi connectivity index (χ3n) is 9.90. The third-order valence-corrected chi connectivity index (χ3v) is 9.90. The van der Waals surface area contributed by atoms with Crippen molar-refractivity contribution in [2.45, 2.75) is 62.9 Å². The number of hydrogen-bond acceptors (Lipinski definition) is 14. The lowest BCUT2D eigenvalue weighted by Crippen LogP contribution is -2.54. The van der Waals surface area contributed by atoms with Crippen LogP contribution in [0, 0.1) is 0 Å². The fourth-order valence-electron chi connectivity index (χ4n) is 6.48. The third kappa shape index (κ3) is 14.7. The molecule has 0 aliphatic carbocycles. The Hall–Kier alpha value is -6.68. The van der Waals surface area contributed by atoms with Gasteiger partial charge in [-0.3, -0.25) is 0 Å². The fraction of sp³-hybridized carbons (Fsp3) is 0.294. The number of aliphatic hydroxyl groups excluding tert-OH is 1. The molecule has 14 nitrogen and oxygen atoms in total. The van der Waals surface area contributed by atoms with Crippen LogP contribution in [0.3, 0.4) is 0 Å². The SMILES string of the molecule is CCCCO/C=C/[C@@H](OC(=O)c1ccccc1)[C@H](O[C@@H]1OCCOC(c2ccccc2)OCC(OC(=O)c2ccccc2)[C@@H]1OC(=O)c1ccccc1)C(O)COC(=O)c1ccccc1. The van der Waals surface area contributed by atoms with Gasteiger partial charge in [-0.05, 0) is 61.0 Å². The van der Waals surface area contributed by atoms with Crippen molar-refractivity contribution in [3.05, 3.63) is 192 Å². The number of ether oxygens (including phenoxy) is 9. The summed E-state index contributed by atoms with van der Waals surface area (Å²) in [5, 5.41) is 12.1. The molecular formula is C51H52O14. The molecule has 1 aliphatic rings. The molecule has 7 atom stereocenters. The van der Waals surface area contributed by atoms with Crippen LogP contribution in [0.2, 0.25) is 0 Å². The first kappa shape index (κ1) is 47.8. The highest BCUT2D eigenvalue weighted by molar-refractivity contribution is 5.91. The Morgan fingerprint density at radius 2 is 1.15 bits per heavy atom. The van der Waals surface area contributed by atoms with Crippen molar-refractivity contribution < 1.29 is 66.9 Å². The van der Waals surface area contributed by atoms with Crippen molar-refractivity contribution >= 4 is 23.9 Å². The summed E-state index contributed by atoms with van der Waals surface area (Å²) in [7, 11) is 0. The van der Waals surface area contributed by atoms with E-state index in [9.17, 15) is 24.3 Å². The second kappa shape index (κ2) is 25.6. The number of esters is 4. The number of unbranched alkanes of at least 4 members (excludes halogenated alkanes) is 1. The van der Waals surface area contributed by atoms with E-state index in [2.05, 4.69) is 0 Å². The van der Waals surface area contributed by atoms with Gasteiger partial charge in [-0.1, -0.05) is 116 Å². The quantitative estimate of drug-likeness (QED) is 0.0370. The zero-order valence-electron chi connectivity index (χ0n) is 35.8. The molecule has 1 N–H and O–H groups in total. The Morgan fingerprint density at radius 3 is 1.72 bits per heavy atom. The Balaban J connectivity index is 1.42. The van der Waals surface area contributed by atoms with Crippen LogP contribution in [0.1, 0.15) is 73.1 Å². The van der Waals surface area contributed by atoms with Gasteiger partial charge in [0.05, 0.1) is 54.9 Å². The highest BCUT2D eigenvalue weighted by Crippen LogP contribution is 2.28. The minimum Gasteiger partial charge on any atom is -0.501 e. The minimum absolute atomic E-state index is 0.0766. The molecule has 0 bridgehead atoms. The number of rotatable bonds is 19. The van der Waals surface area contributed by atoms with E-state index in [4.69, 9.17) is 42.6 Å². The summed E-state index contributed by atoms with van der Waals surface area (Å²) in [6, 6.07) is 41.6. The van der Waals surface area contributed by atoms with E-state index < -0.39 is 80.2 Å². The maximum absolute atomic E-state index is 14.1. The molecule has 0 aromatic heterocycles. The Morgan fingerprint density at radius 1 is 0.646 bits per heavy atom. The zero-order chi connectivity index (χ0) is 45.6. The molecule has 5 aromatic carbocycles. The van der Waals surface area contributed by atoms with Crippen LogP contribution in [0.25, 0.3) is 0 Å².